The number of hydrogen-bond acceptors (Lipinski definition) is 3. The van der Waals surface area contributed by atoms with Gasteiger partial charge in [0.25, 0.3) is 5.76 Å². The van der Waals surface area contributed by atoms with E-state index in [9.17, 15) is 13.9 Å². The summed E-state index contributed by atoms with van der Waals surface area (Å²) in [6, 6.07) is 13.8. The number of thioether (sulfide) groups is 1. The zero-order chi connectivity index (χ0) is 13.7. The number of anilines is 1. The van der Waals surface area contributed by atoms with E-state index >= 15 is 0 Å². The maximum atomic E-state index is 12.2. The van der Waals surface area contributed by atoms with Gasteiger partial charge < -0.3 is 10.4 Å². The number of phenols is 1. The van der Waals surface area contributed by atoms with Crippen LogP contribution >= 0.6 is 11.8 Å². The normalized spacial score (nSPS) is 10.7. The fourth-order valence-corrected chi connectivity index (χ4v) is 2.11. The lowest BCUT2D eigenvalue weighted by atomic mass is 10.2. The number of hydrogen-bond donors (Lipinski definition) is 2. The SMILES string of the molecule is Oc1ccccc1CNc1ccc(SC(F)F)cc1. The van der Waals surface area contributed by atoms with Crippen molar-refractivity contribution in [2.24, 2.45) is 0 Å². The molecule has 0 aromatic heterocycles. The molecular weight excluding hydrogens is 268 g/mol. The maximum absolute atomic E-state index is 12.2. The number of rotatable bonds is 5. The second-order valence-electron chi connectivity index (χ2n) is 3.89. The molecule has 0 heterocycles. The van der Waals surface area contributed by atoms with Gasteiger partial charge in [0.15, 0.2) is 0 Å². The second-order valence-corrected chi connectivity index (χ2v) is 4.95. The van der Waals surface area contributed by atoms with Crippen LogP contribution in [-0.2, 0) is 6.54 Å². The molecule has 0 saturated heterocycles. The quantitative estimate of drug-likeness (QED) is 0.801. The van der Waals surface area contributed by atoms with Gasteiger partial charge >= 0.3 is 0 Å². The molecule has 0 radical (unpaired) electrons. The Balaban J connectivity index is 1.95. The Morgan fingerprint density at radius 1 is 1.05 bits per heavy atom. The molecule has 0 spiro atoms. The third-order valence-electron chi connectivity index (χ3n) is 2.55. The van der Waals surface area contributed by atoms with E-state index in [0.717, 1.165) is 11.3 Å². The van der Waals surface area contributed by atoms with E-state index in [0.29, 0.717) is 23.2 Å². The second kappa shape index (κ2) is 6.43. The van der Waals surface area contributed by atoms with Gasteiger partial charge in [0.2, 0.25) is 0 Å². The van der Waals surface area contributed by atoms with Crippen molar-refractivity contribution in [3.05, 3.63) is 54.1 Å². The molecule has 0 bridgehead atoms. The fourth-order valence-electron chi connectivity index (χ4n) is 1.61. The van der Waals surface area contributed by atoms with Crippen LogP contribution in [0, 0.1) is 0 Å². The van der Waals surface area contributed by atoms with Gasteiger partial charge in [0, 0.05) is 22.7 Å². The molecule has 5 heteroatoms. The third-order valence-corrected chi connectivity index (χ3v) is 3.28. The molecule has 0 aliphatic carbocycles. The molecule has 2 rings (SSSR count). The van der Waals surface area contributed by atoms with Crippen molar-refractivity contribution in [2.45, 2.75) is 17.2 Å². The van der Waals surface area contributed by atoms with E-state index in [-0.39, 0.29) is 5.75 Å². The Morgan fingerprint density at radius 3 is 2.37 bits per heavy atom. The topological polar surface area (TPSA) is 32.3 Å². The minimum atomic E-state index is -2.40. The lowest BCUT2D eigenvalue weighted by molar-refractivity contribution is 0.252. The Hall–Kier alpha value is -1.75. The number of nitrogens with one attached hydrogen (secondary N) is 1. The summed E-state index contributed by atoms with van der Waals surface area (Å²) in [5.74, 6) is -2.17. The van der Waals surface area contributed by atoms with E-state index < -0.39 is 5.76 Å². The molecule has 2 aromatic rings. The van der Waals surface area contributed by atoms with Gasteiger partial charge in [0.05, 0.1) is 0 Å². The average Bonchev–Trinajstić information content (AvgIpc) is 2.39. The molecule has 2 nitrogen and oxygen atoms in total. The van der Waals surface area contributed by atoms with Crippen LogP contribution < -0.4 is 5.32 Å². The summed E-state index contributed by atoms with van der Waals surface area (Å²) in [5.41, 5.74) is 1.61. The van der Waals surface area contributed by atoms with Crippen LogP contribution in [0.1, 0.15) is 5.56 Å². The molecule has 2 N–H and O–H groups in total. The first-order chi connectivity index (χ1) is 9.15. The van der Waals surface area contributed by atoms with Gasteiger partial charge in [-0.05, 0) is 30.3 Å². The first-order valence-electron chi connectivity index (χ1n) is 5.71. The van der Waals surface area contributed by atoms with E-state index in [1.807, 2.05) is 12.1 Å². The number of halogens is 2. The molecule has 0 fully saturated rings. The van der Waals surface area contributed by atoms with Crippen molar-refractivity contribution < 1.29 is 13.9 Å². The standard InChI is InChI=1S/C14H13F2NOS/c15-14(16)19-12-7-5-11(6-8-12)17-9-10-3-1-2-4-13(10)18/h1-8,14,17-18H,9H2. The summed E-state index contributed by atoms with van der Waals surface area (Å²) in [4.78, 5) is 0.531. The Labute approximate surface area is 114 Å². The minimum absolute atomic E-state index is 0.236. The summed E-state index contributed by atoms with van der Waals surface area (Å²) in [6.45, 7) is 0.480. The predicted octanol–water partition coefficient (Wildman–Crippen LogP) is 4.32. The molecule has 0 saturated carbocycles. The smallest absolute Gasteiger partial charge is 0.288 e. The summed E-state index contributed by atoms with van der Waals surface area (Å²) >= 11 is 0.523. The molecule has 0 aliphatic rings. The van der Waals surface area contributed by atoms with Gasteiger partial charge in [-0.2, -0.15) is 8.78 Å². The maximum Gasteiger partial charge on any atom is 0.288 e. The molecule has 100 valence electrons. The molecule has 19 heavy (non-hydrogen) atoms. The van der Waals surface area contributed by atoms with Crippen molar-refractivity contribution in [1.29, 1.82) is 0 Å². The van der Waals surface area contributed by atoms with E-state index in [1.54, 1.807) is 36.4 Å². The Kier molecular flexibility index (Phi) is 4.63. The van der Waals surface area contributed by atoms with Gasteiger partial charge in [-0.1, -0.05) is 30.0 Å². The summed E-state index contributed by atoms with van der Waals surface area (Å²) in [5, 5.41) is 12.7. The predicted molar refractivity (Wildman–Crippen MR) is 73.7 cm³/mol. The van der Waals surface area contributed by atoms with Gasteiger partial charge in [-0.25, -0.2) is 0 Å². The minimum Gasteiger partial charge on any atom is -0.508 e. The number of phenolic OH excluding ortho intramolecular Hbond substituents is 1. The highest BCUT2D eigenvalue weighted by Gasteiger charge is 2.05. The number of alkyl halides is 2. The van der Waals surface area contributed by atoms with Crippen LogP contribution in [0.25, 0.3) is 0 Å². The first kappa shape index (κ1) is 13.7. The Bertz CT molecular complexity index is 531. The molecule has 2 aromatic carbocycles. The highest BCUT2D eigenvalue weighted by atomic mass is 32.2. The average molecular weight is 281 g/mol. The summed E-state index contributed by atoms with van der Waals surface area (Å²) in [6.07, 6.45) is 0. The van der Waals surface area contributed by atoms with Crippen molar-refractivity contribution >= 4 is 17.4 Å². The van der Waals surface area contributed by atoms with Crippen molar-refractivity contribution in [3.8, 4) is 5.75 Å². The van der Waals surface area contributed by atoms with Crippen LogP contribution in [0.5, 0.6) is 5.75 Å². The first-order valence-corrected chi connectivity index (χ1v) is 6.59. The fraction of sp³-hybridized carbons (Fsp3) is 0.143. The number of aromatic hydroxyl groups is 1. The van der Waals surface area contributed by atoms with Gasteiger partial charge in [0.1, 0.15) is 5.75 Å². The van der Waals surface area contributed by atoms with Crippen LogP contribution in [0.15, 0.2) is 53.4 Å². The molecule has 0 aliphatic heterocycles. The number of benzene rings is 2. The lowest BCUT2D eigenvalue weighted by Crippen LogP contribution is -1.99. The lowest BCUT2D eigenvalue weighted by Gasteiger charge is -2.08. The van der Waals surface area contributed by atoms with E-state index in [4.69, 9.17) is 0 Å². The third kappa shape index (κ3) is 4.13. The molecule has 0 unspecified atom stereocenters. The van der Waals surface area contributed by atoms with E-state index in [1.165, 1.54) is 0 Å². The Morgan fingerprint density at radius 2 is 1.74 bits per heavy atom. The van der Waals surface area contributed by atoms with Crippen LogP contribution in [0.4, 0.5) is 14.5 Å². The van der Waals surface area contributed by atoms with Crippen LogP contribution in [0.3, 0.4) is 0 Å². The highest BCUT2D eigenvalue weighted by Crippen LogP contribution is 2.26. The zero-order valence-electron chi connectivity index (χ0n) is 10.0. The van der Waals surface area contributed by atoms with Gasteiger partial charge in [-0.3, -0.25) is 0 Å². The zero-order valence-corrected chi connectivity index (χ0v) is 10.8. The van der Waals surface area contributed by atoms with Crippen molar-refractivity contribution in [1.82, 2.24) is 0 Å². The van der Waals surface area contributed by atoms with Crippen molar-refractivity contribution in [2.75, 3.05) is 5.32 Å². The van der Waals surface area contributed by atoms with Crippen LogP contribution in [-0.4, -0.2) is 10.9 Å². The molecule has 0 atom stereocenters. The van der Waals surface area contributed by atoms with Crippen LogP contribution in [0.2, 0.25) is 0 Å². The summed E-state index contributed by atoms with van der Waals surface area (Å²) in [7, 11) is 0. The van der Waals surface area contributed by atoms with Gasteiger partial charge in [-0.15, -0.1) is 0 Å². The number of para-hydroxylation sites is 1. The highest BCUT2D eigenvalue weighted by molar-refractivity contribution is 7.99. The largest absolute Gasteiger partial charge is 0.508 e. The van der Waals surface area contributed by atoms with E-state index in [2.05, 4.69) is 5.32 Å². The molecular formula is C14H13F2NOS. The monoisotopic (exact) mass is 281 g/mol. The summed E-state index contributed by atoms with van der Waals surface area (Å²) < 4.78 is 24.3. The molecule has 0 amide bonds. The van der Waals surface area contributed by atoms with Crippen molar-refractivity contribution in [3.63, 3.8) is 0 Å².